The van der Waals surface area contributed by atoms with Gasteiger partial charge in [0.2, 0.25) is 11.9 Å². The zero-order valence-electron chi connectivity index (χ0n) is 40.7. The van der Waals surface area contributed by atoms with E-state index in [1.807, 2.05) is 23.9 Å². The van der Waals surface area contributed by atoms with E-state index in [0.717, 1.165) is 113 Å². The molecule has 0 aliphatic carbocycles. The molecular formula is C46H90N16S. The van der Waals surface area contributed by atoms with Gasteiger partial charge in [-0.3, -0.25) is 9.80 Å². The zero-order chi connectivity index (χ0) is 46.3. The van der Waals surface area contributed by atoms with Crippen molar-refractivity contribution in [1.29, 1.82) is 0 Å². The molecular weight excluding hydrogens is 809 g/mol. The van der Waals surface area contributed by atoms with E-state index in [1.165, 1.54) is 0 Å². The van der Waals surface area contributed by atoms with E-state index in [0.29, 0.717) is 50.9 Å². The molecule has 4 heterocycles. The standard InChI is InChI=1S/C46H90N16S/c1-11-21-37-53-39(51-25-23-47)61(49)41(55-37)59(35-31-43(13-3,14-4)57-44(15-5,16-6)32-35)27-29-63-30-28-60(36-33-45(17-7,18-8)58-46(19-9,20-10)34-36)42-56-38(22-12-2)54-40(62(42)50)52-26-24-48/h11-12,35-36,41-42,57-58H,1-2,13-34,47-50H2,3-10H3,(H,51,53,55)(H,52,54,56). The van der Waals surface area contributed by atoms with Gasteiger partial charge in [-0.05, 0) is 77.0 Å². The van der Waals surface area contributed by atoms with Crippen LogP contribution in [0.3, 0.4) is 0 Å². The summed E-state index contributed by atoms with van der Waals surface area (Å²) in [5, 5.41) is 18.7. The summed E-state index contributed by atoms with van der Waals surface area (Å²) < 4.78 is 0. The second kappa shape index (κ2) is 24.8. The van der Waals surface area contributed by atoms with Crippen LogP contribution in [0, 0.1) is 0 Å². The fourth-order valence-electron chi connectivity index (χ4n) is 10.6. The molecule has 0 spiro atoms. The molecule has 0 aromatic carbocycles. The highest BCUT2D eigenvalue weighted by atomic mass is 32.2. The fraction of sp³-hybridized carbons (Fsp3) is 0.826. The van der Waals surface area contributed by atoms with Crippen molar-refractivity contribution in [2.24, 2.45) is 43.1 Å². The summed E-state index contributed by atoms with van der Waals surface area (Å²) in [4.78, 5) is 25.3. The van der Waals surface area contributed by atoms with Gasteiger partial charge in [-0.15, -0.1) is 13.2 Å². The monoisotopic (exact) mass is 899 g/mol. The number of rotatable bonds is 26. The van der Waals surface area contributed by atoms with Crippen molar-refractivity contribution in [3.8, 4) is 0 Å². The molecule has 0 saturated carbocycles. The summed E-state index contributed by atoms with van der Waals surface area (Å²) in [5.41, 5.74) is 12.0. The molecule has 0 bridgehead atoms. The van der Waals surface area contributed by atoms with Crippen molar-refractivity contribution in [2.45, 2.75) is 192 Å². The third kappa shape index (κ3) is 12.8. The molecule has 17 heteroatoms. The Hall–Kier alpha value is -2.61. The Morgan fingerprint density at radius 3 is 1.21 bits per heavy atom. The minimum atomic E-state index is -0.428. The summed E-state index contributed by atoms with van der Waals surface area (Å²) >= 11 is 1.98. The minimum Gasteiger partial charge on any atom is -0.353 e. The number of guanidine groups is 2. The van der Waals surface area contributed by atoms with Crippen LogP contribution in [0.1, 0.15) is 145 Å². The van der Waals surface area contributed by atoms with Crippen molar-refractivity contribution in [3.05, 3.63) is 25.3 Å². The maximum Gasteiger partial charge on any atom is 0.218 e. The normalized spacial score (nSPS) is 23.6. The molecule has 4 aliphatic rings. The summed E-state index contributed by atoms with van der Waals surface area (Å²) in [7, 11) is 0. The second-order valence-electron chi connectivity index (χ2n) is 18.3. The highest BCUT2D eigenvalue weighted by molar-refractivity contribution is 7.99. The number of nitrogens with one attached hydrogen (secondary N) is 4. The average Bonchev–Trinajstić information content (AvgIpc) is 3.31. The highest BCUT2D eigenvalue weighted by Gasteiger charge is 2.50. The van der Waals surface area contributed by atoms with Gasteiger partial charge in [0.15, 0.2) is 12.6 Å². The van der Waals surface area contributed by atoms with Gasteiger partial charge in [-0.2, -0.15) is 21.7 Å². The Labute approximate surface area is 386 Å². The molecule has 2 unspecified atom stereocenters. The number of amidine groups is 2. The smallest absolute Gasteiger partial charge is 0.218 e. The first kappa shape index (κ1) is 53.0. The van der Waals surface area contributed by atoms with Crippen LogP contribution in [0.25, 0.3) is 0 Å². The maximum absolute atomic E-state index is 7.04. The molecule has 2 fully saturated rings. The number of nitrogens with zero attached hydrogens (tertiary/aromatic N) is 8. The number of thioether (sulfide) groups is 1. The zero-order valence-corrected chi connectivity index (χ0v) is 41.5. The Kier molecular flexibility index (Phi) is 20.9. The SMILES string of the molecule is C=CCC1=NC(N(CCSCCN(C2CC(CC)(CC)NC(CC)(CC)C2)C2N=C(CC=C)N=C(NCCN)N2N)C2CC(CC)(CC)NC(CC)(CC)C2)N(N)C(NCCN)=N1. The molecule has 16 nitrogen and oxygen atoms in total. The van der Waals surface area contributed by atoms with Crippen LogP contribution in [0.15, 0.2) is 45.3 Å². The first-order chi connectivity index (χ1) is 30.3. The number of aliphatic imine (C=N–C) groups is 4. The van der Waals surface area contributed by atoms with Crippen molar-refractivity contribution in [3.63, 3.8) is 0 Å². The maximum atomic E-state index is 7.04. The first-order valence-electron chi connectivity index (χ1n) is 24.5. The lowest BCUT2D eigenvalue weighted by Crippen LogP contribution is -2.69. The van der Waals surface area contributed by atoms with E-state index < -0.39 is 12.6 Å². The van der Waals surface area contributed by atoms with Gasteiger partial charge >= 0.3 is 0 Å². The Morgan fingerprint density at radius 2 is 0.937 bits per heavy atom. The lowest BCUT2D eigenvalue weighted by atomic mass is 9.71. The lowest BCUT2D eigenvalue weighted by molar-refractivity contribution is -0.0168. The third-order valence-corrected chi connectivity index (χ3v) is 15.9. The first-order valence-corrected chi connectivity index (χ1v) is 25.6. The molecule has 12 N–H and O–H groups in total. The summed E-state index contributed by atoms with van der Waals surface area (Å²) in [6.07, 6.45) is 16.5. The molecule has 2 saturated heterocycles. The van der Waals surface area contributed by atoms with Gasteiger partial charge in [0.05, 0.1) is 0 Å². The highest BCUT2D eigenvalue weighted by Crippen LogP contribution is 2.42. The molecule has 4 aliphatic heterocycles. The van der Waals surface area contributed by atoms with Gasteiger partial charge in [0.25, 0.3) is 0 Å². The van der Waals surface area contributed by atoms with Crippen LogP contribution in [-0.2, 0) is 0 Å². The quantitative estimate of drug-likeness (QED) is 0.0335. The van der Waals surface area contributed by atoms with Crippen LogP contribution in [0.2, 0.25) is 0 Å². The van der Waals surface area contributed by atoms with Crippen molar-refractivity contribution < 1.29 is 0 Å². The average molecular weight is 899 g/mol. The molecule has 0 aromatic rings. The molecule has 2 atom stereocenters. The van der Waals surface area contributed by atoms with E-state index in [9.17, 15) is 0 Å². The largest absolute Gasteiger partial charge is 0.353 e. The van der Waals surface area contributed by atoms with Crippen LogP contribution < -0.4 is 44.4 Å². The summed E-state index contributed by atoms with van der Waals surface area (Å²) in [6, 6.07) is 0.488. The molecule has 0 aromatic heterocycles. The number of hydrazine groups is 2. The van der Waals surface area contributed by atoms with Crippen molar-refractivity contribution in [2.75, 3.05) is 50.8 Å². The minimum absolute atomic E-state index is 0.0186. The fourth-order valence-corrected chi connectivity index (χ4v) is 11.5. The summed E-state index contributed by atoms with van der Waals surface area (Å²) in [5.74, 6) is 18.5. The van der Waals surface area contributed by atoms with Gasteiger partial charge in [0.1, 0.15) is 11.7 Å². The predicted molar refractivity (Wildman–Crippen MR) is 269 cm³/mol. The number of hydrogen-bond acceptors (Lipinski definition) is 17. The third-order valence-electron chi connectivity index (χ3n) is 15.0. The van der Waals surface area contributed by atoms with Gasteiger partial charge in [-0.1, -0.05) is 67.5 Å². The number of nitrogens with two attached hydrogens (primary N) is 4. The topological polar surface area (TPSA) is 215 Å². The molecule has 4 rings (SSSR count). The van der Waals surface area contributed by atoms with Crippen LogP contribution in [0.5, 0.6) is 0 Å². The Balaban J connectivity index is 1.70. The van der Waals surface area contributed by atoms with Crippen LogP contribution in [-0.4, -0.2) is 141 Å². The second-order valence-corrected chi connectivity index (χ2v) is 19.5. The van der Waals surface area contributed by atoms with Gasteiger partial charge in [-0.25, -0.2) is 31.7 Å². The molecule has 0 radical (unpaired) electrons. The lowest BCUT2D eigenvalue weighted by Gasteiger charge is -2.55. The number of hydrogen-bond donors (Lipinski definition) is 8. The van der Waals surface area contributed by atoms with Gasteiger partial charge < -0.3 is 32.7 Å². The predicted octanol–water partition coefficient (Wildman–Crippen LogP) is 4.77. The molecule has 0 amide bonds. The van der Waals surface area contributed by atoms with Crippen molar-refractivity contribution in [1.82, 2.24) is 41.1 Å². The van der Waals surface area contributed by atoms with Crippen molar-refractivity contribution >= 4 is 35.4 Å². The van der Waals surface area contributed by atoms with Crippen LogP contribution >= 0.6 is 11.8 Å². The molecule has 360 valence electrons. The number of piperidine rings is 2. The van der Waals surface area contributed by atoms with E-state index in [-0.39, 0.29) is 34.2 Å². The van der Waals surface area contributed by atoms with E-state index in [2.05, 4.69) is 99.6 Å². The Morgan fingerprint density at radius 1 is 0.619 bits per heavy atom. The van der Waals surface area contributed by atoms with E-state index in [1.54, 1.807) is 10.0 Å². The molecule has 63 heavy (non-hydrogen) atoms. The van der Waals surface area contributed by atoms with E-state index >= 15 is 0 Å². The summed E-state index contributed by atoms with van der Waals surface area (Å²) in [6.45, 7) is 30.4. The van der Waals surface area contributed by atoms with E-state index in [4.69, 9.17) is 43.1 Å². The Bertz CT molecular complexity index is 1400. The van der Waals surface area contributed by atoms with Gasteiger partial charge in [0, 0.05) is 97.9 Å². The van der Waals surface area contributed by atoms with Crippen LogP contribution in [0.4, 0.5) is 0 Å².